The number of rotatable bonds is 6. The zero-order chi connectivity index (χ0) is 17.5. The number of methoxy groups -OCH3 is 1. The average Bonchev–Trinajstić information content (AvgIpc) is 2.65. The highest BCUT2D eigenvalue weighted by molar-refractivity contribution is 5.93. The summed E-state index contributed by atoms with van der Waals surface area (Å²) in [5.41, 5.74) is 1.78. The number of nitrogens with zero attached hydrogens (tertiary/aromatic N) is 1. The largest absolute Gasteiger partial charge is 0.497 e. The summed E-state index contributed by atoms with van der Waals surface area (Å²) in [4.78, 5) is 16.6. The number of pyridine rings is 1. The monoisotopic (exact) mass is 338 g/mol. The number of hydrogen-bond acceptors (Lipinski definition) is 4. The molecule has 5 nitrogen and oxygen atoms in total. The molecule has 0 unspecified atom stereocenters. The van der Waals surface area contributed by atoms with Crippen LogP contribution >= 0.6 is 0 Å². The van der Waals surface area contributed by atoms with Crippen LogP contribution in [0.1, 0.15) is 32.1 Å². The second-order valence-corrected chi connectivity index (χ2v) is 5.97. The van der Waals surface area contributed by atoms with Crippen LogP contribution in [-0.2, 0) is 4.79 Å². The second kappa shape index (κ2) is 8.33. The average molecular weight is 338 g/mol. The summed E-state index contributed by atoms with van der Waals surface area (Å²) in [6.45, 7) is 0. The van der Waals surface area contributed by atoms with E-state index in [0.29, 0.717) is 23.7 Å². The Morgan fingerprint density at radius 3 is 2.68 bits per heavy atom. The number of benzene rings is 1. The Morgan fingerprint density at radius 2 is 1.96 bits per heavy atom. The molecular weight excluding hydrogens is 316 g/mol. The molecule has 0 spiro atoms. The van der Waals surface area contributed by atoms with Crippen molar-refractivity contribution >= 4 is 11.6 Å². The summed E-state index contributed by atoms with van der Waals surface area (Å²) < 4.78 is 10.9. The molecule has 0 atom stereocenters. The summed E-state index contributed by atoms with van der Waals surface area (Å²) in [6.07, 6.45) is 8.71. The first kappa shape index (κ1) is 17.0. The van der Waals surface area contributed by atoms with E-state index in [1.807, 2.05) is 12.1 Å². The molecule has 0 fully saturated rings. The Kier molecular flexibility index (Phi) is 5.67. The smallest absolute Gasteiger partial charge is 0.243 e. The minimum Gasteiger partial charge on any atom is -0.497 e. The maximum Gasteiger partial charge on any atom is 0.243 e. The third kappa shape index (κ3) is 4.83. The van der Waals surface area contributed by atoms with Gasteiger partial charge in [-0.15, -0.1) is 0 Å². The summed E-state index contributed by atoms with van der Waals surface area (Å²) in [5, 5.41) is 2.91. The summed E-state index contributed by atoms with van der Waals surface area (Å²) in [7, 11) is 1.62. The third-order valence-corrected chi connectivity index (χ3v) is 4.09. The van der Waals surface area contributed by atoms with Gasteiger partial charge in [0.1, 0.15) is 17.2 Å². The molecule has 0 saturated carbocycles. The Balaban J connectivity index is 1.67. The van der Waals surface area contributed by atoms with Crippen molar-refractivity contribution < 1.29 is 14.3 Å². The van der Waals surface area contributed by atoms with Gasteiger partial charge in [0.25, 0.3) is 0 Å². The van der Waals surface area contributed by atoms with E-state index in [1.54, 1.807) is 37.6 Å². The van der Waals surface area contributed by atoms with E-state index in [1.165, 1.54) is 12.0 Å². The van der Waals surface area contributed by atoms with E-state index in [2.05, 4.69) is 16.4 Å². The lowest BCUT2D eigenvalue weighted by atomic mass is 9.97. The van der Waals surface area contributed by atoms with Crippen LogP contribution in [0, 0.1) is 0 Å². The Labute approximate surface area is 147 Å². The van der Waals surface area contributed by atoms with Crippen molar-refractivity contribution in [2.24, 2.45) is 0 Å². The van der Waals surface area contributed by atoms with Crippen LogP contribution in [-0.4, -0.2) is 18.0 Å². The summed E-state index contributed by atoms with van der Waals surface area (Å²) in [5.74, 6) is 1.71. The van der Waals surface area contributed by atoms with Crippen molar-refractivity contribution in [1.29, 1.82) is 0 Å². The van der Waals surface area contributed by atoms with Crippen molar-refractivity contribution in [1.82, 2.24) is 4.98 Å². The van der Waals surface area contributed by atoms with E-state index >= 15 is 0 Å². The molecule has 1 aromatic heterocycles. The predicted octanol–water partition coefficient (Wildman–Crippen LogP) is 4.71. The number of aromatic nitrogens is 1. The Bertz CT molecular complexity index is 754. The first-order valence-electron chi connectivity index (χ1n) is 8.49. The van der Waals surface area contributed by atoms with E-state index in [4.69, 9.17) is 9.47 Å². The molecule has 0 bridgehead atoms. The Hall–Kier alpha value is -2.82. The minimum atomic E-state index is -0.0410. The van der Waals surface area contributed by atoms with Crippen LogP contribution in [0.4, 0.5) is 5.69 Å². The molecule has 0 saturated heterocycles. The van der Waals surface area contributed by atoms with Gasteiger partial charge in [-0.25, -0.2) is 4.98 Å². The first-order chi connectivity index (χ1) is 12.2. The molecule has 130 valence electrons. The third-order valence-electron chi connectivity index (χ3n) is 4.09. The highest BCUT2D eigenvalue weighted by Gasteiger charge is 2.13. The van der Waals surface area contributed by atoms with E-state index in [-0.39, 0.29) is 5.91 Å². The Morgan fingerprint density at radius 1 is 1.16 bits per heavy atom. The lowest BCUT2D eigenvalue weighted by Gasteiger charge is -2.14. The van der Waals surface area contributed by atoms with Gasteiger partial charge in [-0.2, -0.15) is 0 Å². The molecule has 2 aromatic rings. The van der Waals surface area contributed by atoms with Crippen LogP contribution in [0.25, 0.3) is 0 Å². The molecule has 1 amide bonds. The lowest BCUT2D eigenvalue weighted by molar-refractivity contribution is -0.115. The highest BCUT2D eigenvalue weighted by atomic mass is 16.5. The van der Waals surface area contributed by atoms with Crippen LogP contribution in [0.5, 0.6) is 17.4 Å². The molecule has 1 heterocycles. The number of allylic oxidation sites excluding steroid dienone is 1. The van der Waals surface area contributed by atoms with Gasteiger partial charge in [0.15, 0.2) is 0 Å². The fourth-order valence-electron chi connectivity index (χ4n) is 2.79. The molecule has 1 N–H and O–H groups in total. The number of anilines is 1. The first-order valence-corrected chi connectivity index (χ1v) is 8.49. The molecule has 1 aliphatic carbocycles. The number of ether oxygens (including phenoxy) is 2. The van der Waals surface area contributed by atoms with Crippen LogP contribution in [0.3, 0.4) is 0 Å². The number of hydrogen-bond donors (Lipinski definition) is 1. The quantitative estimate of drug-likeness (QED) is 0.775. The molecule has 0 radical (unpaired) electrons. The van der Waals surface area contributed by atoms with Crippen LogP contribution in [0.2, 0.25) is 0 Å². The SMILES string of the molecule is COc1ccc(Oc2ncccc2NC(=O)CC2=CCCCC2)cc1. The van der Waals surface area contributed by atoms with Gasteiger partial charge >= 0.3 is 0 Å². The number of nitrogens with one attached hydrogen (secondary N) is 1. The molecule has 25 heavy (non-hydrogen) atoms. The maximum atomic E-state index is 12.3. The zero-order valence-electron chi connectivity index (χ0n) is 14.3. The van der Waals surface area contributed by atoms with E-state index in [9.17, 15) is 4.79 Å². The fourth-order valence-corrected chi connectivity index (χ4v) is 2.79. The highest BCUT2D eigenvalue weighted by Crippen LogP contribution is 2.28. The van der Waals surface area contributed by atoms with Gasteiger partial charge in [0, 0.05) is 12.6 Å². The molecular formula is C20H22N2O3. The van der Waals surface area contributed by atoms with Gasteiger partial charge < -0.3 is 14.8 Å². The van der Waals surface area contributed by atoms with Crippen molar-refractivity contribution in [2.45, 2.75) is 32.1 Å². The maximum absolute atomic E-state index is 12.3. The molecule has 0 aliphatic heterocycles. The van der Waals surface area contributed by atoms with Gasteiger partial charge in [-0.3, -0.25) is 4.79 Å². The zero-order valence-corrected chi connectivity index (χ0v) is 14.3. The van der Waals surface area contributed by atoms with Gasteiger partial charge in [-0.1, -0.05) is 11.6 Å². The summed E-state index contributed by atoms with van der Waals surface area (Å²) >= 11 is 0. The second-order valence-electron chi connectivity index (χ2n) is 5.97. The number of amides is 1. The molecule has 5 heteroatoms. The lowest BCUT2D eigenvalue weighted by Crippen LogP contribution is -2.14. The van der Waals surface area contributed by atoms with Crippen molar-refractivity contribution in [3.05, 3.63) is 54.2 Å². The minimum absolute atomic E-state index is 0.0410. The molecule has 1 aromatic carbocycles. The number of carbonyl (C=O) groups excluding carboxylic acids is 1. The van der Waals surface area contributed by atoms with Gasteiger partial charge in [0.05, 0.1) is 7.11 Å². The van der Waals surface area contributed by atoms with Gasteiger partial charge in [-0.05, 0) is 62.1 Å². The molecule has 1 aliphatic rings. The van der Waals surface area contributed by atoms with Crippen molar-refractivity contribution in [2.75, 3.05) is 12.4 Å². The van der Waals surface area contributed by atoms with Gasteiger partial charge in [0.2, 0.25) is 11.8 Å². The van der Waals surface area contributed by atoms with Crippen LogP contribution < -0.4 is 14.8 Å². The predicted molar refractivity (Wildman–Crippen MR) is 97.1 cm³/mol. The summed E-state index contributed by atoms with van der Waals surface area (Å²) in [6, 6.07) is 10.8. The van der Waals surface area contributed by atoms with Crippen molar-refractivity contribution in [3.8, 4) is 17.4 Å². The standard InChI is InChI=1S/C20H22N2O3/c1-24-16-9-11-17(12-10-16)25-20-18(8-5-13-21-20)22-19(23)14-15-6-3-2-4-7-15/h5-6,8-13H,2-4,7,14H2,1H3,(H,22,23). The molecule has 3 rings (SSSR count). The van der Waals surface area contributed by atoms with E-state index < -0.39 is 0 Å². The van der Waals surface area contributed by atoms with E-state index in [0.717, 1.165) is 25.0 Å². The van der Waals surface area contributed by atoms with Crippen LogP contribution in [0.15, 0.2) is 54.2 Å². The topological polar surface area (TPSA) is 60.5 Å². The fraction of sp³-hybridized carbons (Fsp3) is 0.300. The normalized spacial score (nSPS) is 13.7. The van der Waals surface area contributed by atoms with Crippen molar-refractivity contribution in [3.63, 3.8) is 0 Å². The number of carbonyl (C=O) groups is 1.